The van der Waals surface area contributed by atoms with Crippen molar-refractivity contribution in [2.45, 2.75) is 30.7 Å². The van der Waals surface area contributed by atoms with E-state index in [-0.39, 0.29) is 35.2 Å². The second kappa shape index (κ2) is 10.1. The van der Waals surface area contributed by atoms with Crippen molar-refractivity contribution in [2.75, 3.05) is 0 Å². The topological polar surface area (TPSA) is 165 Å². The summed E-state index contributed by atoms with van der Waals surface area (Å²) in [6.07, 6.45) is 1.08. The molecule has 0 aliphatic heterocycles. The van der Waals surface area contributed by atoms with Gasteiger partial charge < -0.3 is 31.0 Å². The zero-order chi connectivity index (χ0) is 26.0. The molecule has 0 aliphatic carbocycles. The Hall–Kier alpha value is -4.31. The first-order chi connectivity index (χ1) is 17.2. The number of carbonyl (C=O) groups excluding carboxylic acids is 2. The van der Waals surface area contributed by atoms with E-state index in [0.717, 1.165) is 0 Å². The Morgan fingerprint density at radius 3 is 2.61 bits per heavy atom. The van der Waals surface area contributed by atoms with Gasteiger partial charge in [0, 0.05) is 21.6 Å². The number of H-pyrrole nitrogens is 1. The third-order valence-electron chi connectivity index (χ3n) is 5.80. The molecule has 1 heterocycles. The van der Waals surface area contributed by atoms with Crippen molar-refractivity contribution < 1.29 is 19.8 Å². The highest BCUT2D eigenvalue weighted by molar-refractivity contribution is 7.80. The molecular weight excluding hydrogens is 478 g/mol. The summed E-state index contributed by atoms with van der Waals surface area (Å²) in [7, 11) is 0. The van der Waals surface area contributed by atoms with Crippen LogP contribution in [0.3, 0.4) is 0 Å². The number of rotatable bonds is 8. The van der Waals surface area contributed by atoms with E-state index < -0.39 is 6.04 Å². The van der Waals surface area contributed by atoms with E-state index in [0.29, 0.717) is 56.7 Å². The smallest absolute Gasteiger partial charge is 0.224 e. The molecule has 7 N–H and O–H groups in total. The van der Waals surface area contributed by atoms with E-state index in [1.165, 1.54) is 6.07 Å². The number of amides is 1. The monoisotopic (exact) mass is 503 g/mol. The number of nitrogens with zero attached hydrogens (tertiary/aromatic N) is 1. The number of amidine groups is 1. The number of carbonyl (C=O) groups is 2. The first-order valence-electron chi connectivity index (χ1n) is 11.2. The number of nitrogens with one attached hydrogen (secondary N) is 3. The standard InChI is InChI=1S/C26H25N5O4S/c1-2-15(12-32)29-23(34)9-13-7-18(17-11-16(36)4-6-22(17)33)24(35)19(8-13)26-30-20-5-3-14(25(27)28)10-21(20)31-26/h3-8,10-12,15,33,35-36H,2,9H2,1H3,(H3,27,28)(H,29,34)(H,30,31)/t15-/m0/s1. The van der Waals surface area contributed by atoms with Crippen molar-refractivity contribution in [1.29, 1.82) is 5.41 Å². The number of hydrogen-bond donors (Lipinski definition) is 7. The molecule has 9 nitrogen and oxygen atoms in total. The Labute approximate surface area is 212 Å². The van der Waals surface area contributed by atoms with Gasteiger partial charge in [0.05, 0.1) is 29.1 Å². The Kier molecular flexibility index (Phi) is 6.98. The van der Waals surface area contributed by atoms with Gasteiger partial charge in [0.1, 0.15) is 29.4 Å². The zero-order valence-corrected chi connectivity index (χ0v) is 20.3. The maximum Gasteiger partial charge on any atom is 0.224 e. The Balaban J connectivity index is 1.86. The van der Waals surface area contributed by atoms with Crippen LogP contribution in [0.25, 0.3) is 33.5 Å². The summed E-state index contributed by atoms with van der Waals surface area (Å²) in [5.74, 6) is -0.349. The Morgan fingerprint density at radius 2 is 1.92 bits per heavy atom. The van der Waals surface area contributed by atoms with Crippen molar-refractivity contribution in [3.05, 3.63) is 59.7 Å². The summed E-state index contributed by atoms with van der Waals surface area (Å²) < 4.78 is 0. The molecule has 0 fully saturated rings. The normalized spacial score (nSPS) is 11.8. The first kappa shape index (κ1) is 24.8. The molecule has 36 heavy (non-hydrogen) atoms. The van der Waals surface area contributed by atoms with Crippen LogP contribution in [0.4, 0.5) is 0 Å². The number of fused-ring (bicyclic) bond motifs is 1. The number of aldehydes is 1. The van der Waals surface area contributed by atoms with Crippen LogP contribution in [0.15, 0.2) is 53.4 Å². The van der Waals surface area contributed by atoms with Crippen LogP contribution in [0.5, 0.6) is 11.5 Å². The molecule has 1 atom stereocenters. The summed E-state index contributed by atoms with van der Waals surface area (Å²) in [5.41, 5.74) is 8.78. The van der Waals surface area contributed by atoms with E-state index in [1.54, 1.807) is 49.4 Å². The minimum absolute atomic E-state index is 0.0688. The molecule has 184 valence electrons. The Bertz CT molecular complexity index is 1500. The Morgan fingerprint density at radius 1 is 1.17 bits per heavy atom. The fourth-order valence-corrected chi connectivity index (χ4v) is 4.11. The number of nitrogen functional groups attached to an aromatic ring is 1. The molecule has 3 aromatic carbocycles. The number of benzene rings is 3. The second-order valence-corrected chi connectivity index (χ2v) is 8.88. The van der Waals surface area contributed by atoms with Crippen LogP contribution in [-0.4, -0.2) is 44.3 Å². The maximum atomic E-state index is 12.6. The van der Waals surface area contributed by atoms with Crippen molar-refractivity contribution in [2.24, 2.45) is 5.73 Å². The quantitative estimate of drug-likeness (QED) is 0.0841. The van der Waals surface area contributed by atoms with Gasteiger partial charge in [-0.25, -0.2) is 4.98 Å². The molecule has 0 saturated heterocycles. The number of nitrogens with two attached hydrogens (primary N) is 1. The zero-order valence-electron chi connectivity index (χ0n) is 19.4. The van der Waals surface area contributed by atoms with E-state index in [2.05, 4.69) is 27.9 Å². The van der Waals surface area contributed by atoms with Crippen LogP contribution >= 0.6 is 12.6 Å². The van der Waals surface area contributed by atoms with Gasteiger partial charge in [0.15, 0.2) is 0 Å². The van der Waals surface area contributed by atoms with Crippen LogP contribution in [0.1, 0.15) is 24.5 Å². The molecule has 0 aliphatic rings. The van der Waals surface area contributed by atoms with Crippen molar-refractivity contribution in [3.63, 3.8) is 0 Å². The minimum atomic E-state index is -0.593. The van der Waals surface area contributed by atoms with Crippen molar-refractivity contribution in [1.82, 2.24) is 15.3 Å². The number of aromatic hydroxyl groups is 2. The largest absolute Gasteiger partial charge is 0.507 e. The maximum absolute atomic E-state index is 12.6. The number of phenolic OH excluding ortho intramolecular Hbond substituents is 2. The van der Waals surface area contributed by atoms with Gasteiger partial charge in [-0.05, 0) is 60.5 Å². The van der Waals surface area contributed by atoms with E-state index in [9.17, 15) is 19.8 Å². The molecule has 0 unspecified atom stereocenters. The second-order valence-electron chi connectivity index (χ2n) is 8.37. The third kappa shape index (κ3) is 5.03. The molecule has 0 spiro atoms. The van der Waals surface area contributed by atoms with Crippen LogP contribution < -0.4 is 11.1 Å². The fraction of sp³-hybridized carbons (Fsp3) is 0.154. The molecule has 1 amide bonds. The average Bonchev–Trinajstić information content (AvgIpc) is 3.28. The molecule has 0 bridgehead atoms. The third-order valence-corrected chi connectivity index (χ3v) is 6.08. The SMILES string of the molecule is CC[C@@H](C=O)NC(=O)Cc1cc(-c2nc3ccc(C(=N)N)cc3[nH]2)c(O)c(-c2cc(S)ccc2O)c1. The average molecular weight is 504 g/mol. The molecule has 0 saturated carbocycles. The van der Waals surface area contributed by atoms with Gasteiger partial charge in [-0.3, -0.25) is 10.2 Å². The molecule has 4 aromatic rings. The molecule has 0 radical (unpaired) electrons. The van der Waals surface area contributed by atoms with Gasteiger partial charge in [-0.1, -0.05) is 6.92 Å². The van der Waals surface area contributed by atoms with Gasteiger partial charge in [-0.2, -0.15) is 0 Å². The van der Waals surface area contributed by atoms with E-state index >= 15 is 0 Å². The lowest BCUT2D eigenvalue weighted by molar-refractivity contribution is -0.123. The minimum Gasteiger partial charge on any atom is -0.507 e. The van der Waals surface area contributed by atoms with Crippen LogP contribution in [-0.2, 0) is 16.0 Å². The highest BCUT2D eigenvalue weighted by Crippen LogP contribution is 2.42. The van der Waals surface area contributed by atoms with Gasteiger partial charge in [-0.15, -0.1) is 12.6 Å². The molecule has 4 rings (SSSR count). The number of thiol groups is 1. The van der Waals surface area contributed by atoms with Crippen LogP contribution in [0.2, 0.25) is 0 Å². The fourth-order valence-electron chi connectivity index (χ4n) is 3.90. The molecule has 1 aromatic heterocycles. The summed E-state index contributed by atoms with van der Waals surface area (Å²) in [6, 6.07) is 12.4. The summed E-state index contributed by atoms with van der Waals surface area (Å²) in [6.45, 7) is 1.79. The lowest BCUT2D eigenvalue weighted by Crippen LogP contribution is -2.36. The number of hydrogen-bond acceptors (Lipinski definition) is 7. The molecular formula is C26H25N5O4S. The predicted molar refractivity (Wildman–Crippen MR) is 141 cm³/mol. The van der Waals surface area contributed by atoms with E-state index in [4.69, 9.17) is 11.1 Å². The first-order valence-corrected chi connectivity index (χ1v) is 11.6. The molecule has 10 heteroatoms. The van der Waals surface area contributed by atoms with E-state index in [1.807, 2.05) is 0 Å². The van der Waals surface area contributed by atoms with Gasteiger partial charge >= 0.3 is 0 Å². The van der Waals surface area contributed by atoms with Crippen LogP contribution in [0, 0.1) is 5.41 Å². The summed E-state index contributed by atoms with van der Waals surface area (Å²) in [4.78, 5) is 32.1. The summed E-state index contributed by atoms with van der Waals surface area (Å²) in [5, 5.41) is 32.1. The highest BCUT2D eigenvalue weighted by atomic mass is 32.1. The highest BCUT2D eigenvalue weighted by Gasteiger charge is 2.20. The lowest BCUT2D eigenvalue weighted by Gasteiger charge is -2.15. The number of aromatic nitrogens is 2. The summed E-state index contributed by atoms with van der Waals surface area (Å²) >= 11 is 4.35. The number of imidazole rings is 1. The predicted octanol–water partition coefficient (Wildman–Crippen LogP) is 3.52. The number of aromatic amines is 1. The van der Waals surface area contributed by atoms with Gasteiger partial charge in [0.2, 0.25) is 5.91 Å². The van der Waals surface area contributed by atoms with Crippen molar-refractivity contribution >= 4 is 41.7 Å². The van der Waals surface area contributed by atoms with Gasteiger partial charge in [0.25, 0.3) is 0 Å². The number of phenols is 2. The van der Waals surface area contributed by atoms with Crippen molar-refractivity contribution in [3.8, 4) is 34.0 Å². The lowest BCUT2D eigenvalue weighted by atomic mass is 9.95.